The third-order valence-corrected chi connectivity index (χ3v) is 5.62. The van der Waals surface area contributed by atoms with Crippen LogP contribution < -0.4 is 0 Å². The van der Waals surface area contributed by atoms with Gasteiger partial charge in [0, 0.05) is 24.4 Å². The third-order valence-electron chi connectivity index (χ3n) is 4.60. The van der Waals surface area contributed by atoms with Gasteiger partial charge < -0.3 is 9.84 Å². The summed E-state index contributed by atoms with van der Waals surface area (Å²) in [6, 6.07) is 3.75. The molecule has 3 atom stereocenters. The van der Waals surface area contributed by atoms with Gasteiger partial charge >= 0.3 is 6.18 Å². The molecule has 0 aliphatic rings. The zero-order valence-electron chi connectivity index (χ0n) is 18.3. The van der Waals surface area contributed by atoms with Crippen LogP contribution in [0.15, 0.2) is 47.2 Å². The lowest BCUT2D eigenvalue weighted by molar-refractivity contribution is -0.137. The van der Waals surface area contributed by atoms with Crippen molar-refractivity contribution < 1.29 is 23.0 Å². The van der Waals surface area contributed by atoms with Gasteiger partial charge in [0.1, 0.15) is 6.61 Å². The summed E-state index contributed by atoms with van der Waals surface area (Å²) in [5.41, 5.74) is -0.524. The van der Waals surface area contributed by atoms with E-state index in [1.807, 2.05) is 45.3 Å². The molecule has 0 spiro atoms. The predicted octanol–water partition coefficient (Wildman–Crippen LogP) is 6.79. The van der Waals surface area contributed by atoms with Gasteiger partial charge in [-0.2, -0.15) is 24.9 Å². The predicted molar refractivity (Wildman–Crippen MR) is 125 cm³/mol. The van der Waals surface area contributed by atoms with Crippen molar-refractivity contribution >= 4 is 29.6 Å². The summed E-state index contributed by atoms with van der Waals surface area (Å²) in [4.78, 5) is 4.12. The maximum atomic E-state index is 13.1. The van der Waals surface area contributed by atoms with Crippen molar-refractivity contribution in [2.24, 2.45) is 16.8 Å². The summed E-state index contributed by atoms with van der Waals surface area (Å²) in [6.45, 7) is 6.44. The molecule has 1 aromatic carbocycles. The van der Waals surface area contributed by atoms with Gasteiger partial charge in [0.05, 0.1) is 28.4 Å². The van der Waals surface area contributed by atoms with E-state index < -0.39 is 17.8 Å². The number of aliphatic hydroxyl groups excluding tert-OH is 1. The quantitative estimate of drug-likeness (QED) is 0.266. The first kappa shape index (κ1) is 27.6. The highest BCUT2D eigenvalue weighted by molar-refractivity contribution is 7.98. The first-order valence-electron chi connectivity index (χ1n) is 10.2. The molecule has 0 fully saturated rings. The van der Waals surface area contributed by atoms with E-state index in [0.717, 1.165) is 6.07 Å². The number of hydrogen-bond donors (Lipinski definition) is 1. The van der Waals surface area contributed by atoms with E-state index in [9.17, 15) is 18.3 Å². The summed E-state index contributed by atoms with van der Waals surface area (Å²) < 4.78 is 45.3. The molecule has 0 radical (unpaired) electrons. The Morgan fingerprint density at radius 1 is 1.32 bits per heavy atom. The number of alkyl halides is 3. The first-order valence-corrected chi connectivity index (χ1v) is 11.9. The number of hydrogen-bond acceptors (Lipinski definition) is 4. The number of benzene rings is 1. The minimum atomic E-state index is -4.53. The second-order valence-electron chi connectivity index (χ2n) is 7.06. The summed E-state index contributed by atoms with van der Waals surface area (Å²) in [7, 11) is 0. The van der Waals surface area contributed by atoms with Gasteiger partial charge in [-0.3, -0.25) is 4.99 Å². The molecule has 3 nitrogen and oxygen atoms in total. The van der Waals surface area contributed by atoms with Gasteiger partial charge in [-0.15, -0.1) is 0 Å². The van der Waals surface area contributed by atoms with Crippen LogP contribution in [-0.2, 0) is 17.5 Å². The first-order chi connectivity index (χ1) is 14.6. The van der Waals surface area contributed by atoms with Crippen LogP contribution in [0.3, 0.4) is 0 Å². The fourth-order valence-electron chi connectivity index (χ4n) is 2.96. The molecule has 174 valence electrons. The molecule has 3 unspecified atom stereocenters. The molecular weight excluding hydrogens is 447 g/mol. The maximum absolute atomic E-state index is 13.1. The second kappa shape index (κ2) is 13.9. The van der Waals surface area contributed by atoms with Crippen molar-refractivity contribution in [3.63, 3.8) is 0 Å². The van der Waals surface area contributed by atoms with Crippen molar-refractivity contribution in [2.75, 3.05) is 18.6 Å². The lowest BCUT2D eigenvalue weighted by Gasteiger charge is -2.28. The third kappa shape index (κ3) is 9.29. The molecule has 0 heterocycles. The Morgan fingerprint density at radius 2 is 2.03 bits per heavy atom. The Morgan fingerprint density at radius 3 is 2.61 bits per heavy atom. The molecule has 1 N–H and O–H groups in total. The van der Waals surface area contributed by atoms with E-state index in [1.54, 1.807) is 18.0 Å². The Hall–Kier alpha value is -1.44. The van der Waals surface area contributed by atoms with Gasteiger partial charge in [0.15, 0.2) is 0 Å². The van der Waals surface area contributed by atoms with Crippen molar-refractivity contribution in [3.8, 4) is 0 Å². The van der Waals surface area contributed by atoms with E-state index in [0.29, 0.717) is 30.0 Å². The average Bonchev–Trinajstić information content (AvgIpc) is 2.72. The number of aliphatic hydroxyl groups is 1. The van der Waals surface area contributed by atoms with Crippen LogP contribution in [0.2, 0.25) is 5.02 Å². The Bertz CT molecular complexity index is 766. The van der Waals surface area contributed by atoms with Gasteiger partial charge in [0.25, 0.3) is 0 Å². The van der Waals surface area contributed by atoms with E-state index in [1.165, 1.54) is 12.1 Å². The van der Waals surface area contributed by atoms with Crippen LogP contribution in [0.25, 0.3) is 0 Å². The summed E-state index contributed by atoms with van der Waals surface area (Å²) in [6.07, 6.45) is 4.63. The smallest absolute Gasteiger partial charge is 0.417 e. The highest BCUT2D eigenvalue weighted by Crippen LogP contribution is 2.35. The molecule has 0 aliphatic carbocycles. The van der Waals surface area contributed by atoms with Gasteiger partial charge in [-0.05, 0) is 49.4 Å². The fourth-order valence-corrected chi connectivity index (χ4v) is 3.91. The zero-order chi connectivity index (χ0) is 23.4. The minimum Gasteiger partial charge on any atom is -0.493 e. The van der Waals surface area contributed by atoms with Crippen LogP contribution in [0.4, 0.5) is 13.2 Å². The lowest BCUT2D eigenvalue weighted by atomic mass is 9.91. The van der Waals surface area contributed by atoms with E-state index >= 15 is 0 Å². The topological polar surface area (TPSA) is 41.8 Å². The monoisotopic (exact) mass is 477 g/mol. The second-order valence-corrected chi connectivity index (χ2v) is 8.38. The van der Waals surface area contributed by atoms with Crippen LogP contribution in [0, 0.1) is 11.8 Å². The molecule has 8 heteroatoms. The van der Waals surface area contributed by atoms with E-state index in [-0.39, 0.29) is 23.5 Å². The number of halogens is 4. The van der Waals surface area contributed by atoms with Crippen molar-refractivity contribution in [1.82, 2.24) is 0 Å². The average molecular weight is 478 g/mol. The van der Waals surface area contributed by atoms with Gasteiger partial charge in [-0.25, -0.2) is 0 Å². The molecule has 1 aromatic rings. The number of thioether (sulfide) groups is 1. The van der Waals surface area contributed by atoms with Crippen molar-refractivity contribution in [3.05, 3.63) is 58.3 Å². The molecule has 0 amide bonds. The zero-order valence-corrected chi connectivity index (χ0v) is 19.9. The number of aliphatic imine (C=N–C) groups is 1. The Balaban J connectivity index is 3.02. The molecular formula is C23H31ClF3NO2S. The Labute approximate surface area is 192 Å². The largest absolute Gasteiger partial charge is 0.493 e. The SMILES string of the molecule is CC/C=C(\OCc1ccc(Cl)c(C(F)(F)F)c1)C(CSC)C(O)C(C)/C=C\C=NCC. The van der Waals surface area contributed by atoms with Crippen molar-refractivity contribution in [1.29, 1.82) is 0 Å². The maximum Gasteiger partial charge on any atom is 0.417 e. The standard InChI is InChI=1S/C23H31ClF3NO2S/c1-5-8-21(18(15-31-4)22(29)16(3)9-7-12-28-6-2)30-14-17-10-11-20(24)19(13-17)23(25,26)27/h7-13,16,18,22,29H,5-6,14-15H2,1-4H3/b9-7-,21-8-,28-12?. The molecule has 0 bridgehead atoms. The molecule has 0 saturated carbocycles. The molecule has 0 aromatic heterocycles. The number of rotatable bonds is 12. The number of nitrogens with zero attached hydrogens (tertiary/aromatic N) is 1. The van der Waals surface area contributed by atoms with Gasteiger partial charge in [0.2, 0.25) is 0 Å². The van der Waals surface area contributed by atoms with Crippen LogP contribution >= 0.6 is 23.4 Å². The van der Waals surface area contributed by atoms with Crippen LogP contribution in [0.1, 0.15) is 38.3 Å². The van der Waals surface area contributed by atoms with Crippen molar-refractivity contribution in [2.45, 2.75) is 46.1 Å². The summed E-state index contributed by atoms with van der Waals surface area (Å²) in [5.74, 6) is 0.738. The highest BCUT2D eigenvalue weighted by atomic mass is 35.5. The van der Waals surface area contributed by atoms with E-state index in [2.05, 4.69) is 4.99 Å². The normalized spacial score (nSPS) is 16.1. The molecule has 31 heavy (non-hydrogen) atoms. The Kier molecular flexibility index (Phi) is 12.3. The fraction of sp³-hybridized carbons (Fsp3) is 0.522. The highest BCUT2D eigenvalue weighted by Gasteiger charge is 2.33. The van der Waals surface area contributed by atoms with E-state index in [4.69, 9.17) is 16.3 Å². The van der Waals surface area contributed by atoms with Crippen LogP contribution in [-0.4, -0.2) is 36.0 Å². The molecule has 0 saturated heterocycles. The van der Waals surface area contributed by atoms with Gasteiger partial charge in [-0.1, -0.05) is 37.6 Å². The summed E-state index contributed by atoms with van der Waals surface area (Å²) >= 11 is 7.27. The summed E-state index contributed by atoms with van der Waals surface area (Å²) in [5, 5.41) is 10.6. The minimum absolute atomic E-state index is 0.0446. The number of ether oxygens (including phenoxy) is 1. The molecule has 0 aliphatic heterocycles. The lowest BCUT2D eigenvalue weighted by Crippen LogP contribution is -2.31. The molecule has 1 rings (SSSR count). The number of allylic oxidation sites excluding steroid dienone is 2. The van der Waals surface area contributed by atoms with Crippen LogP contribution in [0.5, 0.6) is 0 Å².